The number of carbonyl (C=O) groups is 4. The Morgan fingerprint density at radius 3 is 0.634 bits per heavy atom. The molecule has 0 bridgehead atoms. The molecule has 552 valence electrons. The van der Waals surface area contributed by atoms with Gasteiger partial charge in [-0.1, -0.05) is 342 Å². The number of unbranched alkanes of at least 4 members (excludes halogenated alkanes) is 49. The molecule has 0 aromatic carbocycles. The molecule has 0 amide bonds. The van der Waals surface area contributed by atoms with Crippen LogP contribution in [0, 0.1) is 0 Å². The molecule has 5 atom stereocenters. The molecule has 0 rings (SSSR count). The van der Waals surface area contributed by atoms with Crippen LogP contribution in [-0.2, 0) is 65.4 Å². The standard InChI is InChI=1S/C74H144O17P2/c1-5-9-13-17-21-24-26-28-30-32-34-36-38-40-42-45-49-53-57-61-74(79)91-70(65-85-72(77)59-55-51-47-44-41-39-37-35-33-31-29-27-25-22-18-14-10-6-2)67-89-93(82,83)87-63-68(75)62-86-92(80,81)88-66-69(64-84-71(76)58-54-50-46-20-16-12-8-4)90-73(78)60-56-52-48-43-23-19-15-11-7-3/h68-70,75H,5-67H2,1-4H3,(H,80,81)(H,82,83)/t68-,69+,70+/m0/s1. The molecule has 93 heavy (non-hydrogen) atoms. The van der Waals surface area contributed by atoms with Crippen LogP contribution >= 0.6 is 15.6 Å². The summed E-state index contributed by atoms with van der Waals surface area (Å²) >= 11 is 0. The number of ether oxygens (including phenoxy) is 4. The van der Waals surface area contributed by atoms with Crippen molar-refractivity contribution in [3.05, 3.63) is 0 Å². The Kier molecular flexibility index (Phi) is 67.1. The van der Waals surface area contributed by atoms with Crippen molar-refractivity contribution in [1.29, 1.82) is 0 Å². The summed E-state index contributed by atoms with van der Waals surface area (Å²) in [5.74, 6) is -2.12. The van der Waals surface area contributed by atoms with Crippen LogP contribution in [0.4, 0.5) is 0 Å². The predicted octanol–water partition coefficient (Wildman–Crippen LogP) is 21.8. The summed E-state index contributed by atoms with van der Waals surface area (Å²) in [7, 11) is -9.90. The van der Waals surface area contributed by atoms with E-state index in [4.69, 9.17) is 37.0 Å². The average molecular weight is 1370 g/mol. The fourth-order valence-electron chi connectivity index (χ4n) is 11.4. The van der Waals surface area contributed by atoms with E-state index in [-0.39, 0.29) is 25.7 Å². The van der Waals surface area contributed by atoms with Crippen LogP contribution < -0.4 is 0 Å². The van der Waals surface area contributed by atoms with Crippen LogP contribution in [0.2, 0.25) is 0 Å². The van der Waals surface area contributed by atoms with E-state index in [1.54, 1.807) is 0 Å². The largest absolute Gasteiger partial charge is 0.472 e. The number of aliphatic hydroxyl groups excluding tert-OH is 1. The van der Waals surface area contributed by atoms with Crippen molar-refractivity contribution in [3.8, 4) is 0 Å². The van der Waals surface area contributed by atoms with Crippen molar-refractivity contribution < 1.29 is 80.2 Å². The fraction of sp³-hybridized carbons (Fsp3) is 0.946. The summed E-state index contributed by atoms with van der Waals surface area (Å²) < 4.78 is 68.3. The topological polar surface area (TPSA) is 237 Å². The first kappa shape index (κ1) is 91.1. The quantitative estimate of drug-likeness (QED) is 0.0222. The second-order valence-corrected chi connectivity index (χ2v) is 29.6. The number of phosphoric ester groups is 2. The summed E-state index contributed by atoms with van der Waals surface area (Å²) in [5, 5.41) is 10.6. The number of hydrogen-bond acceptors (Lipinski definition) is 15. The van der Waals surface area contributed by atoms with Gasteiger partial charge in [-0.3, -0.25) is 37.3 Å². The maximum Gasteiger partial charge on any atom is 0.472 e. The lowest BCUT2D eigenvalue weighted by Crippen LogP contribution is -2.30. The lowest BCUT2D eigenvalue weighted by atomic mass is 10.0. The van der Waals surface area contributed by atoms with Crippen LogP contribution in [-0.4, -0.2) is 96.7 Å². The summed E-state index contributed by atoms with van der Waals surface area (Å²) in [4.78, 5) is 72.5. The van der Waals surface area contributed by atoms with E-state index in [9.17, 15) is 43.2 Å². The summed E-state index contributed by atoms with van der Waals surface area (Å²) in [6, 6.07) is 0. The third-order valence-corrected chi connectivity index (χ3v) is 19.3. The highest BCUT2D eigenvalue weighted by Crippen LogP contribution is 2.45. The molecule has 0 heterocycles. The van der Waals surface area contributed by atoms with Crippen molar-refractivity contribution in [2.24, 2.45) is 0 Å². The van der Waals surface area contributed by atoms with Gasteiger partial charge in [0.05, 0.1) is 26.4 Å². The van der Waals surface area contributed by atoms with Crippen molar-refractivity contribution in [2.75, 3.05) is 39.6 Å². The van der Waals surface area contributed by atoms with Crippen LogP contribution in [0.15, 0.2) is 0 Å². The van der Waals surface area contributed by atoms with E-state index < -0.39 is 97.5 Å². The van der Waals surface area contributed by atoms with Gasteiger partial charge in [-0.25, -0.2) is 9.13 Å². The van der Waals surface area contributed by atoms with Crippen LogP contribution in [0.25, 0.3) is 0 Å². The molecule has 0 aromatic heterocycles. The Labute approximate surface area is 568 Å². The Morgan fingerprint density at radius 2 is 0.430 bits per heavy atom. The predicted molar refractivity (Wildman–Crippen MR) is 377 cm³/mol. The second-order valence-electron chi connectivity index (χ2n) is 26.7. The SMILES string of the molecule is CCCCCCCCCCCCCCCCCCCCCC(=O)O[C@H](COC(=O)CCCCCCCCCCCCCCCCCCCC)COP(=O)(O)OC[C@@H](O)COP(=O)(O)OC[C@@H](COC(=O)CCCCCCCCC)OC(=O)CCCCCCCCCCC. The monoisotopic (exact) mass is 1370 g/mol. The second kappa shape index (κ2) is 68.6. The van der Waals surface area contributed by atoms with E-state index in [0.29, 0.717) is 25.7 Å². The highest BCUT2D eigenvalue weighted by molar-refractivity contribution is 7.47. The number of hydrogen-bond donors (Lipinski definition) is 3. The van der Waals surface area contributed by atoms with Crippen LogP contribution in [0.3, 0.4) is 0 Å². The molecule has 0 aliphatic heterocycles. The maximum atomic E-state index is 13.1. The third-order valence-electron chi connectivity index (χ3n) is 17.4. The first-order valence-corrected chi connectivity index (χ1v) is 41.8. The molecule has 17 nitrogen and oxygen atoms in total. The molecule has 0 aliphatic rings. The minimum Gasteiger partial charge on any atom is -0.462 e. The van der Waals surface area contributed by atoms with Crippen molar-refractivity contribution in [3.63, 3.8) is 0 Å². The minimum atomic E-state index is -4.95. The molecule has 0 radical (unpaired) electrons. The van der Waals surface area contributed by atoms with E-state index in [1.807, 2.05) is 0 Å². The zero-order valence-electron chi connectivity index (χ0n) is 60.2. The number of esters is 4. The van der Waals surface area contributed by atoms with Gasteiger partial charge in [0.2, 0.25) is 0 Å². The van der Waals surface area contributed by atoms with Crippen LogP contribution in [0.1, 0.15) is 394 Å². The van der Waals surface area contributed by atoms with E-state index in [0.717, 1.165) is 103 Å². The Morgan fingerprint density at radius 1 is 0.258 bits per heavy atom. The van der Waals surface area contributed by atoms with Crippen molar-refractivity contribution >= 4 is 39.5 Å². The zero-order chi connectivity index (χ0) is 68.2. The summed E-state index contributed by atoms with van der Waals surface area (Å²) in [6.45, 7) is 4.91. The summed E-state index contributed by atoms with van der Waals surface area (Å²) in [6.07, 6.45) is 58.6. The molecule has 2 unspecified atom stereocenters. The average Bonchev–Trinajstić information content (AvgIpc) is 2.49. The number of carbonyl (C=O) groups excluding carboxylic acids is 4. The fourth-order valence-corrected chi connectivity index (χ4v) is 13.0. The first-order valence-electron chi connectivity index (χ1n) is 38.8. The van der Waals surface area contributed by atoms with Gasteiger partial charge in [-0.2, -0.15) is 0 Å². The lowest BCUT2D eigenvalue weighted by Gasteiger charge is -2.21. The molecule has 3 N–H and O–H groups in total. The first-order chi connectivity index (χ1) is 45.2. The van der Waals surface area contributed by atoms with Gasteiger partial charge in [0.15, 0.2) is 12.2 Å². The molecular weight excluding hydrogens is 1220 g/mol. The molecule has 0 spiro atoms. The van der Waals surface area contributed by atoms with Gasteiger partial charge in [-0.05, 0) is 25.7 Å². The van der Waals surface area contributed by atoms with E-state index in [2.05, 4.69) is 27.7 Å². The number of aliphatic hydroxyl groups is 1. The molecule has 0 aromatic rings. The molecule has 0 fully saturated rings. The lowest BCUT2D eigenvalue weighted by molar-refractivity contribution is -0.161. The van der Waals surface area contributed by atoms with Gasteiger partial charge < -0.3 is 33.8 Å². The van der Waals surface area contributed by atoms with E-state index in [1.165, 1.54) is 212 Å². The van der Waals surface area contributed by atoms with Gasteiger partial charge >= 0.3 is 39.5 Å². The third kappa shape index (κ3) is 68.4. The van der Waals surface area contributed by atoms with Gasteiger partial charge in [0, 0.05) is 25.7 Å². The Hall–Kier alpha value is -1.94. The van der Waals surface area contributed by atoms with Gasteiger partial charge in [0.25, 0.3) is 0 Å². The Balaban J connectivity index is 5.15. The van der Waals surface area contributed by atoms with Gasteiger partial charge in [0.1, 0.15) is 19.3 Å². The highest BCUT2D eigenvalue weighted by Gasteiger charge is 2.30. The Bertz CT molecular complexity index is 1770. The van der Waals surface area contributed by atoms with Gasteiger partial charge in [-0.15, -0.1) is 0 Å². The summed E-state index contributed by atoms with van der Waals surface area (Å²) in [5.41, 5.74) is 0. The minimum absolute atomic E-state index is 0.106. The van der Waals surface area contributed by atoms with Crippen LogP contribution in [0.5, 0.6) is 0 Å². The normalized spacial score (nSPS) is 13.9. The zero-order valence-corrected chi connectivity index (χ0v) is 62.0. The molecule has 0 saturated carbocycles. The maximum absolute atomic E-state index is 13.1. The van der Waals surface area contributed by atoms with Crippen molar-refractivity contribution in [1.82, 2.24) is 0 Å². The highest BCUT2D eigenvalue weighted by atomic mass is 31.2. The van der Waals surface area contributed by atoms with Crippen molar-refractivity contribution in [2.45, 2.75) is 412 Å². The smallest absolute Gasteiger partial charge is 0.462 e. The number of rotatable bonds is 75. The molecular formula is C74H144O17P2. The van der Waals surface area contributed by atoms with E-state index >= 15 is 0 Å². The molecule has 19 heteroatoms. The molecule has 0 aliphatic carbocycles. The number of phosphoric acid groups is 2. The molecule has 0 saturated heterocycles.